The lowest BCUT2D eigenvalue weighted by Crippen LogP contribution is -2.34. The van der Waals surface area contributed by atoms with E-state index in [1.54, 1.807) is 16.7 Å². The predicted octanol–water partition coefficient (Wildman–Crippen LogP) is 5.25. The van der Waals surface area contributed by atoms with E-state index in [9.17, 15) is 0 Å². The van der Waals surface area contributed by atoms with Gasteiger partial charge in [-0.25, -0.2) is 0 Å². The fraction of sp³-hybridized carbons (Fsp3) is 0.500. The van der Waals surface area contributed by atoms with Gasteiger partial charge in [-0.05, 0) is 59.6 Å². The zero-order chi connectivity index (χ0) is 13.2. The van der Waals surface area contributed by atoms with Gasteiger partial charge in [0, 0.05) is 0 Å². The number of allylic oxidation sites excluding steroid dienone is 4. The van der Waals surface area contributed by atoms with Crippen LogP contribution in [0.3, 0.4) is 0 Å². The van der Waals surface area contributed by atoms with Gasteiger partial charge in [-0.1, -0.05) is 61.3 Å². The van der Waals surface area contributed by atoms with Gasteiger partial charge in [-0.3, -0.25) is 0 Å². The molecular weight excluding hydrogens is 240 g/mol. The summed E-state index contributed by atoms with van der Waals surface area (Å²) in [6.07, 6.45) is 14.9. The van der Waals surface area contributed by atoms with Gasteiger partial charge >= 0.3 is 0 Å². The van der Waals surface area contributed by atoms with Crippen LogP contribution in [-0.2, 0) is 5.41 Å². The van der Waals surface area contributed by atoms with Crippen molar-refractivity contribution in [3.05, 3.63) is 53.1 Å². The Bertz CT molecular complexity index is 625. The van der Waals surface area contributed by atoms with Crippen LogP contribution >= 0.6 is 0 Å². The number of benzene rings is 1. The molecule has 4 aliphatic rings. The summed E-state index contributed by atoms with van der Waals surface area (Å²) < 4.78 is 0. The molecule has 0 heterocycles. The van der Waals surface area contributed by atoms with E-state index in [2.05, 4.69) is 36.4 Å². The molecule has 0 bridgehead atoms. The fourth-order valence-corrected chi connectivity index (χ4v) is 5.16. The molecule has 0 heteroatoms. The van der Waals surface area contributed by atoms with E-state index in [1.165, 1.54) is 44.9 Å². The van der Waals surface area contributed by atoms with Gasteiger partial charge in [0.05, 0.1) is 0 Å². The largest absolute Gasteiger partial charge is 0.0802 e. The number of hydrogen-bond donors (Lipinski definition) is 0. The Balaban J connectivity index is 1.72. The Morgan fingerprint density at radius 3 is 2.75 bits per heavy atom. The van der Waals surface area contributed by atoms with Gasteiger partial charge in [0.2, 0.25) is 0 Å². The van der Waals surface area contributed by atoms with Crippen LogP contribution < -0.4 is 0 Å². The molecule has 0 aliphatic heterocycles. The first-order valence-electron chi connectivity index (χ1n) is 8.39. The van der Waals surface area contributed by atoms with Crippen LogP contribution in [0.15, 0.2) is 42.0 Å². The summed E-state index contributed by atoms with van der Waals surface area (Å²) in [6.45, 7) is 0. The molecule has 2 unspecified atom stereocenters. The Hall–Kier alpha value is -1.30. The zero-order valence-corrected chi connectivity index (χ0v) is 12.1. The van der Waals surface area contributed by atoms with Crippen molar-refractivity contribution in [1.82, 2.24) is 0 Å². The average Bonchev–Trinajstić information content (AvgIpc) is 3.29. The lowest BCUT2D eigenvalue weighted by Gasteiger charge is -2.44. The molecule has 0 radical (unpaired) electrons. The number of hydrogen-bond acceptors (Lipinski definition) is 0. The second-order valence-corrected chi connectivity index (χ2v) is 7.37. The normalized spacial score (nSPS) is 32.6. The highest BCUT2D eigenvalue weighted by atomic mass is 14.5. The first-order valence-corrected chi connectivity index (χ1v) is 8.39. The third-order valence-electron chi connectivity index (χ3n) is 6.27. The van der Waals surface area contributed by atoms with Crippen molar-refractivity contribution < 1.29 is 0 Å². The van der Waals surface area contributed by atoms with Crippen molar-refractivity contribution in [2.45, 2.75) is 50.4 Å². The second-order valence-electron chi connectivity index (χ2n) is 7.37. The molecule has 0 saturated heterocycles. The summed E-state index contributed by atoms with van der Waals surface area (Å²) in [5.41, 5.74) is 7.14. The van der Waals surface area contributed by atoms with Crippen LogP contribution in [0.25, 0.3) is 5.57 Å². The topological polar surface area (TPSA) is 0 Å². The zero-order valence-electron chi connectivity index (χ0n) is 12.1. The molecule has 1 spiro atoms. The molecule has 0 aromatic heterocycles. The van der Waals surface area contributed by atoms with Gasteiger partial charge in [-0.2, -0.15) is 0 Å². The molecule has 20 heavy (non-hydrogen) atoms. The summed E-state index contributed by atoms with van der Waals surface area (Å²) in [5.74, 6) is 1.79. The number of fused-ring (bicyclic) bond motifs is 5. The Labute approximate surface area is 121 Å². The standard InChI is InChI=1S/C20H22/c1-4-10-20(11-5-1)13-18-15(9-8-14-12-17(14)18)16-6-2-3-7-19(16)20/h2-3,6-9,14,17H,1,4-5,10-13H2. The van der Waals surface area contributed by atoms with Crippen LogP contribution in [-0.4, -0.2) is 0 Å². The molecule has 2 saturated carbocycles. The minimum Gasteiger partial charge on any atom is -0.0802 e. The highest BCUT2D eigenvalue weighted by Crippen LogP contribution is 2.59. The van der Waals surface area contributed by atoms with E-state index in [1.807, 2.05) is 5.57 Å². The summed E-state index contributed by atoms with van der Waals surface area (Å²) >= 11 is 0. The van der Waals surface area contributed by atoms with Crippen LogP contribution in [0, 0.1) is 11.8 Å². The van der Waals surface area contributed by atoms with Crippen LogP contribution in [0.5, 0.6) is 0 Å². The van der Waals surface area contributed by atoms with Gasteiger partial charge in [0.15, 0.2) is 0 Å². The third kappa shape index (κ3) is 1.43. The summed E-state index contributed by atoms with van der Waals surface area (Å²) in [7, 11) is 0. The minimum atomic E-state index is 0.492. The van der Waals surface area contributed by atoms with E-state index in [-0.39, 0.29) is 0 Å². The molecule has 2 fully saturated rings. The van der Waals surface area contributed by atoms with E-state index in [0.29, 0.717) is 5.41 Å². The van der Waals surface area contributed by atoms with Gasteiger partial charge in [0.1, 0.15) is 0 Å². The molecule has 102 valence electrons. The summed E-state index contributed by atoms with van der Waals surface area (Å²) in [4.78, 5) is 0. The minimum absolute atomic E-state index is 0.492. The SMILES string of the molecule is C1=CC2CC2C2=C1c1ccccc1C1(CCCCC1)C2. The van der Waals surface area contributed by atoms with Crippen molar-refractivity contribution in [3.8, 4) is 0 Å². The van der Waals surface area contributed by atoms with Crippen molar-refractivity contribution >= 4 is 5.57 Å². The molecule has 1 aromatic rings. The van der Waals surface area contributed by atoms with Crippen molar-refractivity contribution in [2.24, 2.45) is 11.8 Å². The van der Waals surface area contributed by atoms with Crippen molar-refractivity contribution in [2.75, 3.05) is 0 Å². The van der Waals surface area contributed by atoms with E-state index in [4.69, 9.17) is 0 Å². The molecular formula is C20H22. The number of rotatable bonds is 0. The lowest BCUT2D eigenvalue weighted by molar-refractivity contribution is 0.283. The predicted molar refractivity (Wildman–Crippen MR) is 83.5 cm³/mol. The molecule has 2 atom stereocenters. The Morgan fingerprint density at radius 2 is 1.85 bits per heavy atom. The maximum absolute atomic E-state index is 2.47. The van der Waals surface area contributed by atoms with Crippen molar-refractivity contribution in [1.29, 1.82) is 0 Å². The van der Waals surface area contributed by atoms with E-state index in [0.717, 1.165) is 11.8 Å². The van der Waals surface area contributed by atoms with Gasteiger partial charge in [0.25, 0.3) is 0 Å². The Kier molecular flexibility index (Phi) is 2.20. The smallest absolute Gasteiger partial charge is 0.000330 e. The van der Waals surface area contributed by atoms with Crippen LogP contribution in [0.1, 0.15) is 56.1 Å². The van der Waals surface area contributed by atoms with E-state index < -0.39 is 0 Å². The first kappa shape index (κ1) is 11.4. The summed E-state index contributed by atoms with van der Waals surface area (Å²) in [5, 5.41) is 0. The van der Waals surface area contributed by atoms with Crippen molar-refractivity contribution in [3.63, 3.8) is 0 Å². The summed E-state index contributed by atoms with van der Waals surface area (Å²) in [6, 6.07) is 9.30. The van der Waals surface area contributed by atoms with E-state index >= 15 is 0 Å². The molecule has 0 N–H and O–H groups in total. The quantitative estimate of drug-likeness (QED) is 0.599. The maximum Gasteiger partial charge on any atom is -0.000330 e. The third-order valence-corrected chi connectivity index (χ3v) is 6.27. The average molecular weight is 262 g/mol. The molecule has 0 nitrogen and oxygen atoms in total. The molecule has 5 rings (SSSR count). The molecule has 4 aliphatic carbocycles. The second kappa shape index (κ2) is 3.87. The van der Waals surface area contributed by atoms with Crippen LogP contribution in [0.4, 0.5) is 0 Å². The lowest BCUT2D eigenvalue weighted by atomic mass is 9.60. The first-order chi connectivity index (χ1) is 9.87. The molecule has 0 amide bonds. The highest BCUT2D eigenvalue weighted by Gasteiger charge is 2.48. The Morgan fingerprint density at radius 1 is 1.00 bits per heavy atom. The maximum atomic E-state index is 2.47. The molecule has 1 aromatic carbocycles. The highest BCUT2D eigenvalue weighted by molar-refractivity contribution is 5.83. The monoisotopic (exact) mass is 262 g/mol. The van der Waals surface area contributed by atoms with Gasteiger partial charge < -0.3 is 0 Å². The fourth-order valence-electron chi connectivity index (χ4n) is 5.16. The van der Waals surface area contributed by atoms with Crippen LogP contribution in [0.2, 0.25) is 0 Å². The van der Waals surface area contributed by atoms with Gasteiger partial charge in [-0.15, -0.1) is 0 Å².